The summed E-state index contributed by atoms with van der Waals surface area (Å²) in [6.07, 6.45) is 0. The number of ether oxygens (including phenoxy) is 1. The van der Waals surface area contributed by atoms with Crippen molar-refractivity contribution in [1.29, 1.82) is 0 Å². The lowest BCUT2D eigenvalue weighted by molar-refractivity contribution is -0.118. The molecule has 2 aromatic heterocycles. The molecule has 0 fully saturated rings. The van der Waals surface area contributed by atoms with Gasteiger partial charge in [-0.2, -0.15) is 0 Å². The molecule has 7 heteroatoms. The van der Waals surface area contributed by atoms with Gasteiger partial charge in [-0.3, -0.25) is 14.2 Å². The van der Waals surface area contributed by atoms with Crippen molar-refractivity contribution in [1.82, 2.24) is 4.57 Å². The number of hydrogen-bond donors (Lipinski definition) is 1. The summed E-state index contributed by atoms with van der Waals surface area (Å²) in [7, 11) is 0. The summed E-state index contributed by atoms with van der Waals surface area (Å²) < 4.78 is 6.75. The average molecular weight is 461 g/mol. The van der Waals surface area contributed by atoms with E-state index in [0.717, 1.165) is 16.5 Å². The number of fused-ring (bicyclic) bond motifs is 1. The first-order valence-corrected chi connectivity index (χ1v) is 11.6. The number of benzene rings is 2. The number of aryl methyl sites for hydroxylation is 1. The highest BCUT2D eigenvalue weighted by molar-refractivity contribution is 7.15. The van der Waals surface area contributed by atoms with E-state index >= 15 is 0 Å². The number of hydrogen-bond acceptors (Lipinski definition) is 5. The van der Waals surface area contributed by atoms with E-state index in [4.69, 9.17) is 4.74 Å². The minimum atomic E-state index is -0.791. The number of rotatable bonds is 6. The van der Waals surface area contributed by atoms with Crippen LogP contribution in [0.4, 0.5) is 5.00 Å². The molecule has 168 valence electrons. The molecule has 4 rings (SSSR count). The number of anilines is 1. The molecular formula is C26H24N2O4S. The molecule has 33 heavy (non-hydrogen) atoms. The Bertz CT molecular complexity index is 1390. The Morgan fingerprint density at radius 1 is 1.09 bits per heavy atom. The van der Waals surface area contributed by atoms with E-state index in [1.807, 2.05) is 66.9 Å². The van der Waals surface area contributed by atoms with E-state index in [1.165, 1.54) is 22.0 Å². The minimum absolute atomic E-state index is 0.220. The van der Waals surface area contributed by atoms with Gasteiger partial charge in [0.1, 0.15) is 16.6 Å². The zero-order valence-corrected chi connectivity index (χ0v) is 19.4. The molecule has 0 radical (unpaired) electrons. The minimum Gasteiger partial charge on any atom is -0.462 e. The fourth-order valence-electron chi connectivity index (χ4n) is 3.89. The van der Waals surface area contributed by atoms with Gasteiger partial charge in [0, 0.05) is 22.4 Å². The third kappa shape index (κ3) is 4.32. The quantitative estimate of drug-likeness (QED) is 0.390. The molecule has 6 nitrogen and oxygen atoms in total. The predicted octanol–water partition coefficient (Wildman–Crippen LogP) is 5.41. The van der Waals surface area contributed by atoms with Crippen LogP contribution < -0.4 is 10.9 Å². The Hall–Kier alpha value is -3.71. The van der Waals surface area contributed by atoms with Gasteiger partial charge in [-0.25, -0.2) is 4.79 Å². The summed E-state index contributed by atoms with van der Waals surface area (Å²) in [5.41, 5.74) is 3.15. The van der Waals surface area contributed by atoms with Gasteiger partial charge >= 0.3 is 5.97 Å². The molecular weight excluding hydrogens is 436 g/mol. The molecule has 0 bridgehead atoms. The summed E-state index contributed by atoms with van der Waals surface area (Å²) in [5, 5.41) is 6.00. The van der Waals surface area contributed by atoms with Crippen LogP contribution in [0.25, 0.3) is 22.0 Å². The van der Waals surface area contributed by atoms with E-state index in [9.17, 15) is 14.4 Å². The molecule has 2 heterocycles. The van der Waals surface area contributed by atoms with Gasteiger partial charge < -0.3 is 10.1 Å². The van der Waals surface area contributed by atoms with Crippen LogP contribution in [0.1, 0.15) is 35.8 Å². The number of amides is 1. The van der Waals surface area contributed by atoms with E-state index in [-0.39, 0.29) is 12.2 Å². The first-order chi connectivity index (χ1) is 15.9. The van der Waals surface area contributed by atoms with Crippen molar-refractivity contribution in [3.8, 4) is 11.1 Å². The van der Waals surface area contributed by atoms with Crippen LogP contribution >= 0.6 is 11.3 Å². The Morgan fingerprint density at radius 2 is 1.79 bits per heavy atom. The molecule has 2 aromatic carbocycles. The Kier molecular flexibility index (Phi) is 6.42. The molecule has 0 saturated heterocycles. The van der Waals surface area contributed by atoms with Crippen molar-refractivity contribution < 1.29 is 14.3 Å². The number of para-hydroxylation sites is 1. The normalized spacial score (nSPS) is 11.8. The van der Waals surface area contributed by atoms with Crippen molar-refractivity contribution in [2.24, 2.45) is 0 Å². The second-order valence-corrected chi connectivity index (χ2v) is 8.54. The number of pyridine rings is 1. The first kappa shape index (κ1) is 22.5. The van der Waals surface area contributed by atoms with Crippen molar-refractivity contribution in [2.75, 3.05) is 11.9 Å². The second-order valence-electron chi connectivity index (χ2n) is 7.66. The summed E-state index contributed by atoms with van der Waals surface area (Å²) in [6, 6.07) is 17.7. The monoisotopic (exact) mass is 460 g/mol. The number of aromatic nitrogens is 1. The topological polar surface area (TPSA) is 77.4 Å². The molecule has 0 aliphatic heterocycles. The number of thiophene rings is 1. The molecule has 0 aliphatic carbocycles. The van der Waals surface area contributed by atoms with Gasteiger partial charge in [-0.15, -0.1) is 11.3 Å². The summed E-state index contributed by atoms with van der Waals surface area (Å²) in [4.78, 5) is 38.9. The molecule has 0 saturated carbocycles. The van der Waals surface area contributed by atoms with E-state index in [2.05, 4.69) is 5.32 Å². The molecule has 1 atom stereocenters. The van der Waals surface area contributed by atoms with E-state index in [1.54, 1.807) is 13.8 Å². The maximum absolute atomic E-state index is 13.3. The number of carbonyl (C=O) groups excluding carboxylic acids is 2. The predicted molar refractivity (Wildman–Crippen MR) is 132 cm³/mol. The van der Waals surface area contributed by atoms with Gasteiger partial charge in [0.2, 0.25) is 5.91 Å². The highest BCUT2D eigenvalue weighted by Crippen LogP contribution is 2.36. The summed E-state index contributed by atoms with van der Waals surface area (Å²) in [5.74, 6) is -0.892. The van der Waals surface area contributed by atoms with Gasteiger partial charge in [0.05, 0.1) is 12.1 Å². The highest BCUT2D eigenvalue weighted by atomic mass is 32.1. The van der Waals surface area contributed by atoms with Gasteiger partial charge in [-0.1, -0.05) is 48.5 Å². The van der Waals surface area contributed by atoms with Crippen molar-refractivity contribution in [3.63, 3.8) is 0 Å². The molecule has 1 amide bonds. The largest absolute Gasteiger partial charge is 0.462 e. The van der Waals surface area contributed by atoms with Crippen molar-refractivity contribution in [2.45, 2.75) is 26.8 Å². The van der Waals surface area contributed by atoms with E-state index < -0.39 is 17.9 Å². The highest BCUT2D eigenvalue weighted by Gasteiger charge is 2.25. The van der Waals surface area contributed by atoms with E-state index in [0.29, 0.717) is 21.6 Å². The number of nitrogens with one attached hydrogen (secondary N) is 1. The zero-order chi connectivity index (χ0) is 23.5. The third-order valence-corrected chi connectivity index (χ3v) is 6.42. The Balaban J connectivity index is 1.73. The molecule has 4 aromatic rings. The number of carbonyl (C=O) groups is 2. The van der Waals surface area contributed by atoms with Gasteiger partial charge in [-0.05, 0) is 38.0 Å². The van der Waals surface area contributed by atoms with Crippen molar-refractivity contribution in [3.05, 3.63) is 87.5 Å². The van der Waals surface area contributed by atoms with Crippen LogP contribution in [-0.4, -0.2) is 23.1 Å². The van der Waals surface area contributed by atoms with Crippen molar-refractivity contribution >= 4 is 39.1 Å². The van der Waals surface area contributed by atoms with Crippen LogP contribution in [0.3, 0.4) is 0 Å². The number of esters is 1. The first-order valence-electron chi connectivity index (χ1n) is 10.7. The Labute approximate surface area is 195 Å². The summed E-state index contributed by atoms with van der Waals surface area (Å²) >= 11 is 1.26. The van der Waals surface area contributed by atoms with Gasteiger partial charge in [0.15, 0.2) is 0 Å². The smallest absolute Gasteiger partial charge is 0.341 e. The van der Waals surface area contributed by atoms with Crippen LogP contribution in [0.5, 0.6) is 0 Å². The molecule has 1 unspecified atom stereocenters. The van der Waals surface area contributed by atoms with Crippen LogP contribution in [0, 0.1) is 6.92 Å². The standard InChI is InChI=1S/C26H24N2O4S/c1-4-32-26(31)23-20(18-10-6-5-7-11-18)15-33-25(23)27-24(30)17(3)28-21-13-9-8-12-19(21)16(2)14-22(28)29/h5-15,17H,4H2,1-3H3,(H,27,30). The van der Waals surface area contributed by atoms with Crippen LogP contribution in [0.15, 0.2) is 70.8 Å². The average Bonchev–Trinajstić information content (AvgIpc) is 3.23. The molecule has 0 spiro atoms. The zero-order valence-electron chi connectivity index (χ0n) is 18.6. The fourth-order valence-corrected chi connectivity index (χ4v) is 4.85. The molecule has 0 aliphatic rings. The second kappa shape index (κ2) is 9.42. The van der Waals surface area contributed by atoms with Gasteiger partial charge in [0.25, 0.3) is 5.56 Å². The lowest BCUT2D eigenvalue weighted by atomic mass is 10.0. The number of nitrogens with zero attached hydrogens (tertiary/aromatic N) is 1. The fraction of sp³-hybridized carbons (Fsp3) is 0.192. The SMILES string of the molecule is CCOC(=O)c1c(-c2ccccc2)csc1NC(=O)C(C)n1c(=O)cc(C)c2ccccc21. The molecule has 1 N–H and O–H groups in total. The summed E-state index contributed by atoms with van der Waals surface area (Å²) in [6.45, 7) is 5.51. The van der Waals surface area contributed by atoms with Crippen LogP contribution in [-0.2, 0) is 9.53 Å². The Morgan fingerprint density at radius 3 is 2.52 bits per heavy atom. The lowest BCUT2D eigenvalue weighted by Gasteiger charge is -2.18. The lowest BCUT2D eigenvalue weighted by Crippen LogP contribution is -2.32. The third-order valence-electron chi connectivity index (χ3n) is 5.52. The van der Waals surface area contributed by atoms with Crippen LogP contribution in [0.2, 0.25) is 0 Å². The maximum atomic E-state index is 13.3. The maximum Gasteiger partial charge on any atom is 0.341 e.